The second kappa shape index (κ2) is 7.04. The number of nitrogens with one attached hydrogen (secondary N) is 1. The largest absolute Gasteiger partial charge is 0.437 e. The van der Waals surface area contributed by atoms with Crippen LogP contribution < -0.4 is 10.1 Å². The molecule has 34 heavy (non-hydrogen) atoms. The first-order valence-corrected chi connectivity index (χ1v) is 11.7. The molecule has 2 aromatic heterocycles. The van der Waals surface area contributed by atoms with Gasteiger partial charge in [0.2, 0.25) is 11.8 Å². The molecule has 0 amide bonds. The maximum Gasteiger partial charge on any atom is 0.235 e. The topological polar surface area (TPSA) is 112 Å². The third-order valence-corrected chi connectivity index (χ3v) is 7.52. The van der Waals surface area contributed by atoms with Crippen molar-refractivity contribution in [2.24, 2.45) is 5.41 Å². The summed E-state index contributed by atoms with van der Waals surface area (Å²) in [6.45, 7) is 7.06. The van der Waals surface area contributed by atoms with Gasteiger partial charge in [0, 0.05) is 24.1 Å². The van der Waals surface area contributed by atoms with Gasteiger partial charge in [-0.05, 0) is 74.4 Å². The van der Waals surface area contributed by atoms with Crippen LogP contribution in [0.5, 0.6) is 11.6 Å². The van der Waals surface area contributed by atoms with Crippen molar-refractivity contribution in [1.29, 1.82) is 10.5 Å². The van der Waals surface area contributed by atoms with Crippen LogP contribution in [0, 0.1) is 41.9 Å². The number of rotatable bonds is 5. The lowest BCUT2D eigenvalue weighted by atomic mass is 9.40. The minimum atomic E-state index is -0.155. The van der Waals surface area contributed by atoms with Crippen LogP contribution in [0.15, 0.2) is 18.2 Å². The molecular weight excluding hydrogens is 426 g/mol. The fourth-order valence-corrected chi connectivity index (χ4v) is 6.02. The molecule has 3 aliphatic carbocycles. The summed E-state index contributed by atoms with van der Waals surface area (Å²) in [6, 6.07) is 8.48. The van der Waals surface area contributed by atoms with Crippen LogP contribution in [0.4, 0.5) is 5.95 Å². The van der Waals surface area contributed by atoms with Gasteiger partial charge in [0.1, 0.15) is 11.1 Å². The van der Waals surface area contributed by atoms with Gasteiger partial charge in [0.15, 0.2) is 5.65 Å². The molecule has 1 aromatic carbocycles. The Bertz CT molecular complexity index is 1430. The van der Waals surface area contributed by atoms with Crippen LogP contribution in [-0.4, -0.2) is 25.3 Å². The Morgan fingerprint density at radius 3 is 2.59 bits per heavy atom. The standard InChI is InChI=1S/C26H25N7O/c1-15-6-8-33-20(15)19-22(32-33)29-24(31-26-11-25(12-26,13-26)14-28)30-23(19)34-21-16(2)9-18(5-4-7-27)10-17(21)3/h4-5,9-10,15H,6,8,11-13H2,1-3H3,(H,29,31,32)/b5-4+. The number of aromatic nitrogens is 4. The molecule has 0 saturated heterocycles. The summed E-state index contributed by atoms with van der Waals surface area (Å²) in [5.74, 6) is 2.11. The summed E-state index contributed by atoms with van der Waals surface area (Å²) in [6.07, 6.45) is 6.80. The zero-order valence-corrected chi connectivity index (χ0v) is 19.5. The number of nitrogens with zero attached hydrogens (tertiary/aromatic N) is 6. The van der Waals surface area contributed by atoms with E-state index in [0.29, 0.717) is 23.4 Å². The summed E-state index contributed by atoms with van der Waals surface area (Å²) in [4.78, 5) is 9.59. The number of fused-ring (bicyclic) bond motifs is 3. The average Bonchev–Trinajstić information content (AvgIpc) is 3.29. The van der Waals surface area contributed by atoms with Crippen molar-refractivity contribution in [1.82, 2.24) is 19.7 Å². The van der Waals surface area contributed by atoms with E-state index in [0.717, 1.165) is 65.7 Å². The molecule has 1 N–H and O–H groups in total. The molecule has 1 atom stereocenters. The fourth-order valence-electron chi connectivity index (χ4n) is 6.02. The molecule has 0 spiro atoms. The molecule has 2 bridgehead atoms. The zero-order valence-electron chi connectivity index (χ0n) is 19.5. The van der Waals surface area contributed by atoms with E-state index in [2.05, 4.69) is 18.3 Å². The highest BCUT2D eigenvalue weighted by molar-refractivity contribution is 5.86. The van der Waals surface area contributed by atoms with Crippen molar-refractivity contribution < 1.29 is 4.74 Å². The molecule has 1 unspecified atom stereocenters. The molecule has 3 heterocycles. The maximum atomic E-state index is 9.36. The van der Waals surface area contributed by atoms with Crippen molar-refractivity contribution in [2.45, 2.75) is 64.5 Å². The number of nitriles is 2. The second-order valence-corrected chi connectivity index (χ2v) is 10.2. The third kappa shape index (κ3) is 2.99. The van der Waals surface area contributed by atoms with Gasteiger partial charge in [-0.3, -0.25) is 4.68 Å². The van der Waals surface area contributed by atoms with Gasteiger partial charge in [-0.25, -0.2) is 0 Å². The Hall–Kier alpha value is -3.91. The lowest BCUT2D eigenvalue weighted by Gasteiger charge is -2.66. The number of ether oxygens (including phenoxy) is 1. The molecule has 4 aliphatic rings. The molecular formula is C26H25N7O. The molecule has 3 aromatic rings. The number of benzene rings is 1. The first kappa shape index (κ1) is 20.7. The smallest absolute Gasteiger partial charge is 0.235 e. The van der Waals surface area contributed by atoms with Crippen LogP contribution in [0.1, 0.15) is 60.9 Å². The summed E-state index contributed by atoms with van der Waals surface area (Å²) < 4.78 is 8.55. The van der Waals surface area contributed by atoms with E-state index in [4.69, 9.17) is 25.1 Å². The van der Waals surface area contributed by atoms with Gasteiger partial charge in [0.05, 0.1) is 23.2 Å². The monoisotopic (exact) mass is 451 g/mol. The summed E-state index contributed by atoms with van der Waals surface area (Å²) in [7, 11) is 0. The normalized spacial score (nSPS) is 26.4. The Morgan fingerprint density at radius 2 is 1.91 bits per heavy atom. The summed E-state index contributed by atoms with van der Waals surface area (Å²) in [5, 5.41) is 27.3. The molecule has 8 heteroatoms. The van der Waals surface area contributed by atoms with Gasteiger partial charge in [-0.2, -0.15) is 25.6 Å². The summed E-state index contributed by atoms with van der Waals surface area (Å²) >= 11 is 0. The Kier molecular flexibility index (Phi) is 4.28. The molecule has 170 valence electrons. The van der Waals surface area contributed by atoms with E-state index in [9.17, 15) is 5.26 Å². The van der Waals surface area contributed by atoms with Gasteiger partial charge in [-0.15, -0.1) is 0 Å². The zero-order chi connectivity index (χ0) is 23.7. The van der Waals surface area contributed by atoms with E-state index in [-0.39, 0.29) is 11.0 Å². The number of anilines is 1. The lowest BCUT2D eigenvalue weighted by molar-refractivity contribution is -0.0665. The molecule has 8 nitrogen and oxygen atoms in total. The number of hydrogen-bond acceptors (Lipinski definition) is 7. The molecule has 3 fully saturated rings. The highest BCUT2D eigenvalue weighted by Crippen LogP contribution is 2.67. The van der Waals surface area contributed by atoms with Crippen molar-refractivity contribution >= 4 is 23.1 Å². The minimum Gasteiger partial charge on any atom is -0.437 e. The van der Waals surface area contributed by atoms with Crippen molar-refractivity contribution in [3.8, 4) is 23.8 Å². The average molecular weight is 452 g/mol. The van der Waals surface area contributed by atoms with E-state index >= 15 is 0 Å². The summed E-state index contributed by atoms with van der Waals surface area (Å²) in [5.41, 5.74) is 4.40. The van der Waals surface area contributed by atoms with E-state index in [1.54, 1.807) is 6.08 Å². The number of aryl methyl sites for hydroxylation is 3. The predicted octanol–water partition coefficient (Wildman–Crippen LogP) is 5.14. The fraction of sp³-hybridized carbons (Fsp3) is 0.423. The molecule has 1 aliphatic heterocycles. The van der Waals surface area contributed by atoms with Gasteiger partial charge < -0.3 is 10.1 Å². The molecule has 7 rings (SSSR count). The lowest BCUT2D eigenvalue weighted by Crippen LogP contribution is -2.70. The number of allylic oxidation sites excluding steroid dienone is 1. The van der Waals surface area contributed by atoms with E-state index in [1.807, 2.05) is 36.7 Å². The van der Waals surface area contributed by atoms with Crippen LogP contribution in [0.25, 0.3) is 17.1 Å². The van der Waals surface area contributed by atoms with Gasteiger partial charge in [-0.1, -0.05) is 6.92 Å². The van der Waals surface area contributed by atoms with Crippen LogP contribution >= 0.6 is 0 Å². The van der Waals surface area contributed by atoms with Crippen molar-refractivity contribution in [2.75, 3.05) is 5.32 Å². The maximum absolute atomic E-state index is 9.36. The Morgan fingerprint density at radius 1 is 1.18 bits per heavy atom. The van der Waals surface area contributed by atoms with Crippen LogP contribution in [-0.2, 0) is 6.54 Å². The van der Waals surface area contributed by atoms with Crippen molar-refractivity contribution in [3.63, 3.8) is 0 Å². The van der Waals surface area contributed by atoms with Crippen LogP contribution in [0.3, 0.4) is 0 Å². The quantitative estimate of drug-likeness (QED) is 0.535. The Balaban J connectivity index is 1.41. The van der Waals surface area contributed by atoms with Gasteiger partial charge >= 0.3 is 0 Å². The first-order valence-electron chi connectivity index (χ1n) is 11.7. The minimum absolute atomic E-state index is 0.0863. The Labute approximate surface area is 197 Å². The third-order valence-electron chi connectivity index (χ3n) is 7.52. The molecule has 3 saturated carbocycles. The van der Waals surface area contributed by atoms with Crippen LogP contribution in [0.2, 0.25) is 0 Å². The predicted molar refractivity (Wildman–Crippen MR) is 127 cm³/mol. The van der Waals surface area contributed by atoms with Crippen molar-refractivity contribution in [3.05, 3.63) is 40.6 Å². The van der Waals surface area contributed by atoms with E-state index in [1.165, 1.54) is 6.08 Å². The highest BCUT2D eigenvalue weighted by atomic mass is 16.5. The SMILES string of the molecule is Cc1cc(/C=C/C#N)cc(C)c1Oc1nc(NC23CC(C#N)(C2)C3)nc2nn3c(c12)C(C)CC3. The second-order valence-electron chi connectivity index (χ2n) is 10.2. The molecule has 0 radical (unpaired) electrons. The highest BCUT2D eigenvalue weighted by Gasteiger charge is 2.69. The first-order chi connectivity index (χ1) is 16.3. The van der Waals surface area contributed by atoms with Gasteiger partial charge in [0.25, 0.3) is 0 Å². The number of hydrogen-bond donors (Lipinski definition) is 1. The van der Waals surface area contributed by atoms with E-state index < -0.39 is 0 Å².